The molecule has 1 aromatic carbocycles. The summed E-state index contributed by atoms with van der Waals surface area (Å²) >= 11 is 0. The summed E-state index contributed by atoms with van der Waals surface area (Å²) < 4.78 is 19.8. The van der Waals surface area contributed by atoms with Crippen molar-refractivity contribution in [3.63, 3.8) is 0 Å². The number of hydrogen-bond donors (Lipinski definition) is 0. The molecule has 0 radical (unpaired) electrons. The standard InChI is InChI=1S/C26H30FN3O2/c1-19-23(11-15-32-19)26(31)29(2)25(16-22-7-3-4-8-24(22)27)21-9-13-30(14-10-21)18-20-6-5-12-28-17-20/h3-8,11-12,15,17,21,25H,9-10,13-14,16,18H2,1-2H3/t25-/m1/s1. The first-order chi connectivity index (χ1) is 15.5. The van der Waals surface area contributed by atoms with Crippen LogP contribution in [0.2, 0.25) is 0 Å². The van der Waals surface area contributed by atoms with E-state index < -0.39 is 0 Å². The molecule has 3 heterocycles. The van der Waals surface area contributed by atoms with E-state index in [-0.39, 0.29) is 17.8 Å². The van der Waals surface area contributed by atoms with E-state index in [1.165, 1.54) is 11.6 Å². The van der Waals surface area contributed by atoms with Crippen LogP contribution in [0.5, 0.6) is 0 Å². The number of halogens is 1. The Kier molecular flexibility index (Phi) is 7.00. The minimum atomic E-state index is -0.216. The van der Waals surface area contributed by atoms with Crippen molar-refractivity contribution < 1.29 is 13.6 Å². The first kappa shape index (κ1) is 22.2. The fourth-order valence-electron chi connectivity index (χ4n) is 4.70. The lowest BCUT2D eigenvalue weighted by molar-refractivity contribution is 0.0581. The highest BCUT2D eigenvalue weighted by molar-refractivity contribution is 5.95. The van der Waals surface area contributed by atoms with E-state index in [1.807, 2.05) is 31.4 Å². The molecule has 6 heteroatoms. The zero-order valence-corrected chi connectivity index (χ0v) is 18.7. The predicted octanol–water partition coefficient (Wildman–Crippen LogP) is 4.72. The Labute approximate surface area is 188 Å². The molecule has 0 aliphatic carbocycles. The SMILES string of the molecule is Cc1occc1C(=O)N(C)[C@H](Cc1ccccc1F)C1CCN(Cc2cccnc2)CC1. The number of carbonyl (C=O) groups is 1. The summed E-state index contributed by atoms with van der Waals surface area (Å²) in [6, 6.07) is 12.6. The van der Waals surface area contributed by atoms with Gasteiger partial charge in [-0.25, -0.2) is 4.39 Å². The van der Waals surface area contributed by atoms with Gasteiger partial charge in [-0.1, -0.05) is 24.3 Å². The molecule has 4 rings (SSSR count). The van der Waals surface area contributed by atoms with Gasteiger partial charge in [0.2, 0.25) is 0 Å². The van der Waals surface area contributed by atoms with Crippen molar-refractivity contribution in [3.8, 4) is 0 Å². The molecule has 0 spiro atoms. The lowest BCUT2D eigenvalue weighted by atomic mass is 9.84. The van der Waals surface area contributed by atoms with Gasteiger partial charge in [-0.05, 0) is 74.5 Å². The third-order valence-corrected chi connectivity index (χ3v) is 6.60. The van der Waals surface area contributed by atoms with E-state index >= 15 is 0 Å². The summed E-state index contributed by atoms with van der Waals surface area (Å²) in [6.45, 7) is 4.56. The number of likely N-dealkylation sites (tertiary alicyclic amines) is 1. The summed E-state index contributed by atoms with van der Waals surface area (Å²) in [5.74, 6) is 0.612. The van der Waals surface area contributed by atoms with Crippen molar-refractivity contribution in [2.45, 2.75) is 38.8 Å². The van der Waals surface area contributed by atoms with Gasteiger partial charge in [0, 0.05) is 32.0 Å². The Morgan fingerprint density at radius 1 is 1.22 bits per heavy atom. The van der Waals surface area contributed by atoms with Crippen LogP contribution in [0, 0.1) is 18.7 Å². The molecule has 0 N–H and O–H groups in total. The van der Waals surface area contributed by atoms with Crippen LogP contribution in [0.4, 0.5) is 4.39 Å². The van der Waals surface area contributed by atoms with Crippen molar-refractivity contribution in [1.29, 1.82) is 0 Å². The van der Waals surface area contributed by atoms with Crippen LogP contribution in [0.15, 0.2) is 65.5 Å². The lowest BCUT2D eigenvalue weighted by Crippen LogP contribution is -2.47. The lowest BCUT2D eigenvalue weighted by Gasteiger charge is -2.40. The molecule has 0 saturated carbocycles. The number of likely N-dealkylation sites (N-methyl/N-ethyl adjacent to an activating group) is 1. The van der Waals surface area contributed by atoms with Gasteiger partial charge in [-0.2, -0.15) is 0 Å². The van der Waals surface area contributed by atoms with Gasteiger partial charge in [-0.3, -0.25) is 14.7 Å². The molecular weight excluding hydrogens is 405 g/mol. The van der Waals surface area contributed by atoms with Gasteiger partial charge in [0.25, 0.3) is 5.91 Å². The summed E-state index contributed by atoms with van der Waals surface area (Å²) in [6.07, 6.45) is 7.66. The van der Waals surface area contributed by atoms with Crippen molar-refractivity contribution in [2.75, 3.05) is 20.1 Å². The average Bonchev–Trinajstić information content (AvgIpc) is 3.25. The fourth-order valence-corrected chi connectivity index (χ4v) is 4.70. The second kappa shape index (κ2) is 10.1. The third-order valence-electron chi connectivity index (χ3n) is 6.60. The maximum atomic E-state index is 14.5. The molecule has 5 nitrogen and oxygen atoms in total. The number of nitrogens with zero attached hydrogens (tertiary/aromatic N) is 3. The van der Waals surface area contributed by atoms with Crippen LogP contribution < -0.4 is 0 Å². The molecular formula is C26H30FN3O2. The summed E-state index contributed by atoms with van der Waals surface area (Å²) in [5.41, 5.74) is 2.43. The Hall–Kier alpha value is -2.99. The van der Waals surface area contributed by atoms with Crippen molar-refractivity contribution in [2.24, 2.45) is 5.92 Å². The van der Waals surface area contributed by atoms with Gasteiger partial charge in [-0.15, -0.1) is 0 Å². The number of piperidine rings is 1. The molecule has 1 amide bonds. The molecule has 168 valence electrons. The van der Waals surface area contributed by atoms with E-state index in [2.05, 4.69) is 16.0 Å². The Balaban J connectivity index is 1.49. The second-order valence-corrected chi connectivity index (χ2v) is 8.64. The van der Waals surface area contributed by atoms with Crippen LogP contribution >= 0.6 is 0 Å². The quantitative estimate of drug-likeness (QED) is 0.539. The number of aryl methyl sites for hydroxylation is 1. The predicted molar refractivity (Wildman–Crippen MR) is 122 cm³/mol. The number of rotatable bonds is 7. The first-order valence-corrected chi connectivity index (χ1v) is 11.2. The Morgan fingerprint density at radius 3 is 2.66 bits per heavy atom. The third kappa shape index (κ3) is 5.07. The van der Waals surface area contributed by atoms with Crippen molar-refractivity contribution in [3.05, 3.63) is 89.4 Å². The fraction of sp³-hybridized carbons (Fsp3) is 0.385. The number of aromatic nitrogens is 1. The molecule has 3 aromatic rings. The van der Waals surface area contributed by atoms with E-state index in [9.17, 15) is 9.18 Å². The van der Waals surface area contributed by atoms with Gasteiger partial charge in [0.1, 0.15) is 11.6 Å². The monoisotopic (exact) mass is 435 g/mol. The van der Waals surface area contributed by atoms with E-state index in [1.54, 1.807) is 36.4 Å². The number of benzene rings is 1. The zero-order chi connectivity index (χ0) is 22.5. The first-order valence-electron chi connectivity index (χ1n) is 11.2. The molecule has 1 aliphatic heterocycles. The van der Waals surface area contributed by atoms with Gasteiger partial charge < -0.3 is 9.32 Å². The van der Waals surface area contributed by atoms with Crippen LogP contribution in [0.3, 0.4) is 0 Å². The summed E-state index contributed by atoms with van der Waals surface area (Å²) in [4.78, 5) is 21.7. The smallest absolute Gasteiger partial charge is 0.257 e. The summed E-state index contributed by atoms with van der Waals surface area (Å²) in [5, 5.41) is 0. The maximum Gasteiger partial charge on any atom is 0.257 e. The van der Waals surface area contributed by atoms with E-state index in [0.717, 1.165) is 32.5 Å². The van der Waals surface area contributed by atoms with E-state index in [4.69, 9.17) is 4.42 Å². The number of pyridine rings is 1. The average molecular weight is 436 g/mol. The van der Waals surface area contributed by atoms with Crippen LogP contribution in [0.25, 0.3) is 0 Å². The van der Waals surface area contributed by atoms with Gasteiger partial charge in [0.05, 0.1) is 11.8 Å². The molecule has 0 bridgehead atoms. The highest BCUT2D eigenvalue weighted by Gasteiger charge is 2.33. The minimum absolute atomic E-state index is 0.0737. The molecule has 1 aliphatic rings. The Bertz CT molecular complexity index is 1030. The topological polar surface area (TPSA) is 49.6 Å². The summed E-state index contributed by atoms with van der Waals surface area (Å²) in [7, 11) is 1.84. The number of carbonyl (C=O) groups excluding carboxylic acids is 1. The maximum absolute atomic E-state index is 14.5. The number of hydrogen-bond acceptors (Lipinski definition) is 4. The van der Waals surface area contributed by atoms with Crippen molar-refractivity contribution in [1.82, 2.24) is 14.8 Å². The number of amides is 1. The second-order valence-electron chi connectivity index (χ2n) is 8.64. The molecule has 1 atom stereocenters. The Morgan fingerprint density at radius 2 is 2.00 bits per heavy atom. The van der Waals surface area contributed by atoms with Crippen LogP contribution in [-0.2, 0) is 13.0 Å². The van der Waals surface area contributed by atoms with Crippen molar-refractivity contribution >= 4 is 5.91 Å². The highest BCUT2D eigenvalue weighted by atomic mass is 19.1. The molecule has 1 saturated heterocycles. The van der Waals surface area contributed by atoms with Crippen LogP contribution in [-0.4, -0.2) is 46.9 Å². The largest absolute Gasteiger partial charge is 0.469 e. The van der Waals surface area contributed by atoms with Gasteiger partial charge in [0.15, 0.2) is 0 Å². The molecule has 2 aromatic heterocycles. The van der Waals surface area contributed by atoms with E-state index in [0.29, 0.717) is 29.2 Å². The normalized spacial score (nSPS) is 16.1. The zero-order valence-electron chi connectivity index (χ0n) is 18.7. The minimum Gasteiger partial charge on any atom is -0.469 e. The number of furan rings is 1. The highest BCUT2D eigenvalue weighted by Crippen LogP contribution is 2.29. The molecule has 32 heavy (non-hydrogen) atoms. The molecule has 1 fully saturated rings. The van der Waals surface area contributed by atoms with Crippen LogP contribution in [0.1, 0.15) is 40.1 Å². The van der Waals surface area contributed by atoms with Gasteiger partial charge >= 0.3 is 0 Å². The molecule has 0 unspecified atom stereocenters.